The van der Waals surface area contributed by atoms with Crippen LogP contribution in [0.1, 0.15) is 48.8 Å². The minimum Gasteiger partial charge on any atom is -0.464 e. The van der Waals surface area contributed by atoms with Crippen LogP contribution in [0, 0.1) is 13.8 Å². The van der Waals surface area contributed by atoms with Crippen molar-refractivity contribution in [2.75, 3.05) is 19.6 Å². The van der Waals surface area contributed by atoms with E-state index in [1.807, 2.05) is 56.3 Å². The first kappa shape index (κ1) is 26.7. The van der Waals surface area contributed by atoms with Crippen LogP contribution in [-0.4, -0.2) is 43.2 Å². The van der Waals surface area contributed by atoms with E-state index in [4.69, 9.17) is 4.42 Å². The Bertz CT molecular complexity index is 1170. The van der Waals surface area contributed by atoms with Gasteiger partial charge < -0.3 is 9.32 Å². The molecule has 0 radical (unpaired) electrons. The molecule has 0 spiro atoms. The van der Waals surface area contributed by atoms with E-state index in [1.165, 1.54) is 4.31 Å². The number of unbranched alkanes of at least 4 members (excludes halogenated alkanes) is 2. The van der Waals surface area contributed by atoms with Crippen LogP contribution in [0.3, 0.4) is 0 Å². The highest BCUT2D eigenvalue weighted by molar-refractivity contribution is 7.89. The number of hydrogen-bond donors (Lipinski definition) is 0. The smallest absolute Gasteiger partial charge is 0.243 e. The summed E-state index contributed by atoms with van der Waals surface area (Å²) in [7, 11) is -3.80. The lowest BCUT2D eigenvalue weighted by atomic mass is 10.1. The summed E-state index contributed by atoms with van der Waals surface area (Å²) >= 11 is 0. The molecule has 7 heteroatoms. The first-order valence-corrected chi connectivity index (χ1v) is 13.7. The number of hydrogen-bond acceptors (Lipinski definition) is 4. The zero-order valence-electron chi connectivity index (χ0n) is 20.9. The second kappa shape index (κ2) is 12.7. The number of rotatable bonds is 13. The largest absolute Gasteiger partial charge is 0.464 e. The maximum Gasteiger partial charge on any atom is 0.243 e. The van der Waals surface area contributed by atoms with E-state index in [0.29, 0.717) is 38.2 Å². The van der Waals surface area contributed by atoms with Crippen LogP contribution in [0.4, 0.5) is 0 Å². The van der Waals surface area contributed by atoms with Crippen molar-refractivity contribution in [1.29, 1.82) is 0 Å². The molecule has 3 aromatic rings. The van der Waals surface area contributed by atoms with E-state index in [2.05, 4.69) is 6.92 Å². The normalized spacial score (nSPS) is 11.7. The molecule has 3 rings (SSSR count). The summed E-state index contributed by atoms with van der Waals surface area (Å²) in [5, 5.41) is 0. The molecule has 1 aromatic heterocycles. The topological polar surface area (TPSA) is 70.8 Å². The van der Waals surface area contributed by atoms with Gasteiger partial charge >= 0.3 is 0 Å². The van der Waals surface area contributed by atoms with Crippen LogP contribution in [-0.2, 0) is 27.8 Å². The lowest BCUT2D eigenvalue weighted by Crippen LogP contribution is -2.43. The number of carbonyl (C=O) groups excluding carboxylic acids is 1. The van der Waals surface area contributed by atoms with Crippen LogP contribution in [0.15, 0.2) is 76.0 Å². The molecule has 0 saturated carbocycles. The molecular weight excluding hydrogens is 460 g/mol. The first-order valence-electron chi connectivity index (χ1n) is 12.2. The highest BCUT2D eigenvalue weighted by Gasteiger charge is 2.28. The van der Waals surface area contributed by atoms with Gasteiger partial charge in [-0.05, 0) is 56.5 Å². The van der Waals surface area contributed by atoms with Gasteiger partial charge in [0.2, 0.25) is 15.9 Å². The Kier molecular flexibility index (Phi) is 9.69. The van der Waals surface area contributed by atoms with Crippen molar-refractivity contribution in [3.63, 3.8) is 0 Å². The Morgan fingerprint density at radius 3 is 2.23 bits per heavy atom. The van der Waals surface area contributed by atoms with Gasteiger partial charge in [0.25, 0.3) is 0 Å². The summed E-state index contributed by atoms with van der Waals surface area (Å²) in [6.45, 7) is 6.73. The van der Waals surface area contributed by atoms with E-state index in [-0.39, 0.29) is 17.3 Å². The van der Waals surface area contributed by atoms with Gasteiger partial charge in [-0.25, -0.2) is 8.42 Å². The highest BCUT2D eigenvalue weighted by Crippen LogP contribution is 2.19. The van der Waals surface area contributed by atoms with Crippen molar-refractivity contribution in [1.82, 2.24) is 9.21 Å². The van der Waals surface area contributed by atoms with Gasteiger partial charge in [-0.1, -0.05) is 67.8 Å². The van der Waals surface area contributed by atoms with E-state index in [9.17, 15) is 13.2 Å². The highest BCUT2D eigenvalue weighted by atomic mass is 32.2. The van der Waals surface area contributed by atoms with Gasteiger partial charge in [0.15, 0.2) is 0 Å². The minimum absolute atomic E-state index is 0.200. The summed E-state index contributed by atoms with van der Waals surface area (Å²) in [6.07, 6.45) is 3.24. The lowest BCUT2D eigenvalue weighted by Gasteiger charge is -2.27. The molecule has 188 valence electrons. The van der Waals surface area contributed by atoms with Gasteiger partial charge in [-0.3, -0.25) is 4.79 Å². The van der Waals surface area contributed by atoms with Crippen LogP contribution < -0.4 is 0 Å². The van der Waals surface area contributed by atoms with Crippen molar-refractivity contribution in [3.05, 3.63) is 89.4 Å². The second-order valence-electron chi connectivity index (χ2n) is 8.92. The molecule has 35 heavy (non-hydrogen) atoms. The van der Waals surface area contributed by atoms with Gasteiger partial charge in [-0.2, -0.15) is 4.31 Å². The molecule has 0 aliphatic heterocycles. The molecule has 0 fully saturated rings. The Balaban J connectivity index is 1.81. The molecule has 0 aliphatic rings. The quantitative estimate of drug-likeness (QED) is 0.299. The molecule has 1 amide bonds. The van der Waals surface area contributed by atoms with Crippen molar-refractivity contribution >= 4 is 15.9 Å². The summed E-state index contributed by atoms with van der Waals surface area (Å²) < 4.78 is 34.0. The fourth-order valence-corrected chi connectivity index (χ4v) is 5.32. The summed E-state index contributed by atoms with van der Waals surface area (Å²) in [5.41, 5.74) is 2.10. The predicted molar refractivity (Wildman–Crippen MR) is 138 cm³/mol. The monoisotopic (exact) mass is 496 g/mol. The van der Waals surface area contributed by atoms with Gasteiger partial charge in [0.1, 0.15) is 11.5 Å². The van der Waals surface area contributed by atoms with Gasteiger partial charge in [0.05, 0.1) is 18.0 Å². The molecule has 0 unspecified atom stereocenters. The fraction of sp³-hybridized carbons (Fsp3) is 0.393. The van der Waals surface area contributed by atoms with Crippen LogP contribution in [0.25, 0.3) is 0 Å². The van der Waals surface area contributed by atoms with E-state index >= 15 is 0 Å². The number of aryl methyl sites for hydroxylation is 2. The summed E-state index contributed by atoms with van der Waals surface area (Å²) in [4.78, 5) is 15.4. The zero-order chi connectivity index (χ0) is 25.3. The number of amides is 1. The molecule has 0 aliphatic carbocycles. The Morgan fingerprint density at radius 1 is 0.886 bits per heavy atom. The third-order valence-electron chi connectivity index (χ3n) is 5.99. The number of carbonyl (C=O) groups is 1. The molecule has 6 nitrogen and oxygen atoms in total. The van der Waals surface area contributed by atoms with Gasteiger partial charge in [0, 0.05) is 13.1 Å². The lowest BCUT2D eigenvalue weighted by molar-refractivity contribution is -0.132. The maximum absolute atomic E-state index is 13.5. The number of benzene rings is 2. The average Bonchev–Trinajstić information content (AvgIpc) is 3.26. The SMILES string of the molecule is CCCCCN(CC(=O)N(CCc1ccccc1)Cc1ccc(C)o1)S(=O)(=O)c1ccc(C)cc1. The van der Waals surface area contributed by atoms with Crippen molar-refractivity contribution < 1.29 is 17.6 Å². The first-order chi connectivity index (χ1) is 16.8. The third-order valence-corrected chi connectivity index (χ3v) is 7.85. The Hall–Kier alpha value is -2.90. The Morgan fingerprint density at radius 2 is 1.60 bits per heavy atom. The summed E-state index contributed by atoms with van der Waals surface area (Å²) in [6, 6.07) is 20.5. The number of nitrogens with zero attached hydrogens (tertiary/aromatic N) is 2. The number of furan rings is 1. The molecule has 0 saturated heterocycles. The van der Waals surface area contributed by atoms with Crippen molar-refractivity contribution in [2.45, 2.75) is 57.9 Å². The standard InChI is InChI=1S/C28H36N2O4S/c1-4-5-9-19-30(35(32,33)27-16-12-23(2)13-17-27)22-28(31)29(21-26-15-14-24(3)34-26)20-18-25-10-7-6-8-11-25/h6-8,10-17H,4-5,9,18-22H2,1-3H3. The maximum atomic E-state index is 13.5. The number of sulfonamides is 1. The van der Waals surface area contributed by atoms with Crippen molar-refractivity contribution in [3.8, 4) is 0 Å². The van der Waals surface area contributed by atoms with Gasteiger partial charge in [-0.15, -0.1) is 0 Å². The Labute approximate surface area is 209 Å². The van der Waals surface area contributed by atoms with E-state index in [1.54, 1.807) is 29.2 Å². The van der Waals surface area contributed by atoms with E-state index in [0.717, 1.165) is 29.7 Å². The molecule has 0 atom stereocenters. The minimum atomic E-state index is -3.80. The molecule has 0 N–H and O–H groups in total. The summed E-state index contributed by atoms with van der Waals surface area (Å²) in [5.74, 6) is 1.23. The van der Waals surface area contributed by atoms with Crippen LogP contribution in [0.5, 0.6) is 0 Å². The third kappa shape index (κ3) is 7.80. The van der Waals surface area contributed by atoms with E-state index < -0.39 is 10.0 Å². The molecule has 0 bridgehead atoms. The zero-order valence-corrected chi connectivity index (χ0v) is 21.8. The molecule has 2 aromatic carbocycles. The van der Waals surface area contributed by atoms with Crippen LogP contribution in [0.2, 0.25) is 0 Å². The second-order valence-corrected chi connectivity index (χ2v) is 10.9. The molecular formula is C28H36N2O4S. The van der Waals surface area contributed by atoms with Crippen LogP contribution >= 0.6 is 0 Å². The molecule has 1 heterocycles. The average molecular weight is 497 g/mol. The van der Waals surface area contributed by atoms with Crippen molar-refractivity contribution in [2.24, 2.45) is 0 Å². The predicted octanol–water partition coefficient (Wildman–Crippen LogP) is 5.35. The fourth-order valence-electron chi connectivity index (χ4n) is 3.89.